The van der Waals surface area contributed by atoms with Crippen LogP contribution in [0, 0.1) is 5.41 Å². The normalized spacial score (nSPS) is 19.9. The number of hydrogen-bond donors (Lipinski definition) is 2. The zero-order chi connectivity index (χ0) is 13.9. The highest BCUT2D eigenvalue weighted by Gasteiger charge is 2.23. The van der Waals surface area contributed by atoms with Gasteiger partial charge in [-0.3, -0.25) is 15.1 Å². The number of carbonyl (C=O) groups is 1. The number of nitrogens with two attached hydrogens (primary N) is 1. The van der Waals surface area contributed by atoms with Gasteiger partial charge in [0, 0.05) is 6.07 Å². The van der Waals surface area contributed by atoms with Gasteiger partial charge in [0.05, 0.1) is 6.54 Å². The molecule has 1 fully saturated rings. The second kappa shape index (κ2) is 5.71. The topological polar surface area (TPSA) is 84.4 Å². The van der Waals surface area contributed by atoms with Crippen LogP contribution in [0.25, 0.3) is 0 Å². The number of hydrazine groups is 1. The monoisotopic (exact) mass is 266 g/mol. The van der Waals surface area contributed by atoms with E-state index in [1.165, 1.54) is 19.3 Å². The van der Waals surface area contributed by atoms with Crippen molar-refractivity contribution >= 4 is 5.91 Å². The maximum atomic E-state index is 11.3. The Hall–Kier alpha value is -1.40. The molecule has 0 bridgehead atoms. The van der Waals surface area contributed by atoms with E-state index in [-0.39, 0.29) is 5.69 Å². The number of hydrogen-bond acceptors (Lipinski definition) is 5. The lowest BCUT2D eigenvalue weighted by Crippen LogP contribution is -2.30. The first-order valence-electron chi connectivity index (χ1n) is 6.69. The molecule has 19 heavy (non-hydrogen) atoms. The van der Waals surface area contributed by atoms with Crippen molar-refractivity contribution in [3.63, 3.8) is 0 Å². The van der Waals surface area contributed by atoms with Crippen molar-refractivity contribution in [3.8, 4) is 0 Å². The van der Waals surface area contributed by atoms with E-state index >= 15 is 0 Å². The van der Waals surface area contributed by atoms with Crippen LogP contribution in [-0.4, -0.2) is 29.1 Å². The molecule has 0 radical (unpaired) electrons. The summed E-state index contributed by atoms with van der Waals surface area (Å²) in [5.74, 6) is 5.34. The number of nitrogen functional groups attached to an aromatic ring is 1. The van der Waals surface area contributed by atoms with E-state index in [0.717, 1.165) is 13.1 Å². The van der Waals surface area contributed by atoms with Crippen molar-refractivity contribution in [2.45, 2.75) is 39.7 Å². The third-order valence-corrected chi connectivity index (χ3v) is 3.73. The van der Waals surface area contributed by atoms with Gasteiger partial charge in [-0.15, -0.1) is 0 Å². The Morgan fingerprint density at radius 3 is 3.05 bits per heavy atom. The molecule has 1 aromatic heterocycles. The third-order valence-electron chi connectivity index (χ3n) is 3.73. The van der Waals surface area contributed by atoms with Gasteiger partial charge in [0.1, 0.15) is 0 Å². The minimum atomic E-state index is -0.424. The third kappa shape index (κ3) is 3.78. The van der Waals surface area contributed by atoms with Crippen LogP contribution in [0.5, 0.6) is 0 Å². The fraction of sp³-hybridized carbons (Fsp3) is 0.692. The van der Waals surface area contributed by atoms with Crippen LogP contribution in [0.2, 0.25) is 0 Å². The van der Waals surface area contributed by atoms with Gasteiger partial charge in [0.25, 0.3) is 5.91 Å². The van der Waals surface area contributed by atoms with Crippen LogP contribution in [0.4, 0.5) is 0 Å². The predicted octanol–water partition coefficient (Wildman–Crippen LogP) is 1.29. The Kier molecular flexibility index (Phi) is 4.21. The second-order valence-electron chi connectivity index (χ2n) is 5.95. The SMILES string of the molecule is CC1(C)CCCN(Cc2cc(C(=O)NN)no2)CC1. The molecule has 6 heteroatoms. The van der Waals surface area contributed by atoms with E-state index in [1.54, 1.807) is 6.07 Å². The summed E-state index contributed by atoms with van der Waals surface area (Å²) < 4.78 is 5.18. The van der Waals surface area contributed by atoms with Crippen molar-refractivity contribution in [1.82, 2.24) is 15.5 Å². The summed E-state index contributed by atoms with van der Waals surface area (Å²) in [6.07, 6.45) is 3.62. The highest BCUT2D eigenvalue weighted by Crippen LogP contribution is 2.30. The molecule has 2 rings (SSSR count). The van der Waals surface area contributed by atoms with Crippen molar-refractivity contribution in [2.75, 3.05) is 13.1 Å². The molecule has 2 heterocycles. The Labute approximate surface area is 113 Å². The molecule has 0 spiro atoms. The average molecular weight is 266 g/mol. The second-order valence-corrected chi connectivity index (χ2v) is 5.95. The smallest absolute Gasteiger partial charge is 0.287 e. The van der Waals surface area contributed by atoms with Gasteiger partial charge >= 0.3 is 0 Å². The van der Waals surface area contributed by atoms with Crippen LogP contribution < -0.4 is 11.3 Å². The molecule has 0 aliphatic carbocycles. The molecule has 1 aliphatic heterocycles. The first kappa shape index (κ1) is 14.0. The summed E-state index contributed by atoms with van der Waals surface area (Å²) in [4.78, 5) is 13.6. The predicted molar refractivity (Wildman–Crippen MR) is 71.1 cm³/mol. The van der Waals surface area contributed by atoms with Gasteiger partial charge in [-0.05, 0) is 37.8 Å². The van der Waals surface area contributed by atoms with E-state index in [2.05, 4.69) is 23.9 Å². The summed E-state index contributed by atoms with van der Waals surface area (Å²) in [5.41, 5.74) is 2.69. The number of nitrogens with zero attached hydrogens (tertiary/aromatic N) is 2. The fourth-order valence-electron chi connectivity index (χ4n) is 2.43. The van der Waals surface area contributed by atoms with Crippen molar-refractivity contribution in [2.24, 2.45) is 11.3 Å². The molecule has 0 atom stereocenters. The first-order valence-corrected chi connectivity index (χ1v) is 6.69. The van der Waals surface area contributed by atoms with Crippen LogP contribution in [0.15, 0.2) is 10.6 Å². The lowest BCUT2D eigenvalue weighted by Gasteiger charge is -2.22. The molecule has 3 N–H and O–H groups in total. The Morgan fingerprint density at radius 2 is 2.32 bits per heavy atom. The highest BCUT2D eigenvalue weighted by atomic mass is 16.5. The van der Waals surface area contributed by atoms with Gasteiger partial charge < -0.3 is 4.52 Å². The Bertz CT molecular complexity index is 442. The van der Waals surface area contributed by atoms with Crippen molar-refractivity contribution in [3.05, 3.63) is 17.5 Å². The summed E-state index contributed by atoms with van der Waals surface area (Å²) in [7, 11) is 0. The maximum absolute atomic E-state index is 11.3. The number of carbonyl (C=O) groups excluding carboxylic acids is 1. The highest BCUT2D eigenvalue weighted by molar-refractivity contribution is 5.91. The molecule has 1 aromatic rings. The quantitative estimate of drug-likeness (QED) is 0.489. The first-order chi connectivity index (χ1) is 9.00. The lowest BCUT2D eigenvalue weighted by atomic mass is 9.85. The van der Waals surface area contributed by atoms with E-state index in [4.69, 9.17) is 10.4 Å². The summed E-state index contributed by atoms with van der Waals surface area (Å²) in [6, 6.07) is 1.65. The Balaban J connectivity index is 1.94. The summed E-state index contributed by atoms with van der Waals surface area (Å²) >= 11 is 0. The van der Waals surface area contributed by atoms with Gasteiger partial charge in [0.2, 0.25) is 0 Å². The molecule has 6 nitrogen and oxygen atoms in total. The molecule has 0 saturated carbocycles. The van der Waals surface area contributed by atoms with Crippen LogP contribution >= 0.6 is 0 Å². The van der Waals surface area contributed by atoms with E-state index < -0.39 is 5.91 Å². The number of rotatable bonds is 3. The summed E-state index contributed by atoms with van der Waals surface area (Å²) in [6.45, 7) is 7.43. The van der Waals surface area contributed by atoms with E-state index in [1.807, 2.05) is 5.43 Å². The van der Waals surface area contributed by atoms with Crippen LogP contribution in [0.3, 0.4) is 0 Å². The minimum absolute atomic E-state index is 0.229. The van der Waals surface area contributed by atoms with Gasteiger partial charge in [-0.2, -0.15) is 0 Å². The number of nitrogens with one attached hydrogen (secondary N) is 1. The zero-order valence-corrected chi connectivity index (χ0v) is 11.6. The maximum Gasteiger partial charge on any atom is 0.287 e. The van der Waals surface area contributed by atoms with E-state index in [9.17, 15) is 4.79 Å². The molecule has 0 unspecified atom stereocenters. The molecule has 106 valence electrons. The van der Waals surface area contributed by atoms with Gasteiger partial charge in [-0.25, -0.2) is 5.84 Å². The Morgan fingerprint density at radius 1 is 1.53 bits per heavy atom. The summed E-state index contributed by atoms with van der Waals surface area (Å²) in [5, 5.41) is 3.71. The number of aromatic nitrogens is 1. The standard InChI is InChI=1S/C13H22N4O2/c1-13(2)4-3-6-17(7-5-13)9-10-8-11(16-19-10)12(18)15-14/h8H,3-7,9,14H2,1-2H3,(H,15,18). The molecular weight excluding hydrogens is 244 g/mol. The zero-order valence-electron chi connectivity index (χ0n) is 11.6. The number of amides is 1. The minimum Gasteiger partial charge on any atom is -0.359 e. The molecule has 1 saturated heterocycles. The molecule has 1 amide bonds. The van der Waals surface area contributed by atoms with Gasteiger partial charge in [0.15, 0.2) is 11.5 Å². The average Bonchev–Trinajstić information content (AvgIpc) is 2.76. The van der Waals surface area contributed by atoms with E-state index in [0.29, 0.717) is 17.7 Å². The molecular formula is C13H22N4O2. The molecule has 1 aliphatic rings. The molecule has 0 aromatic carbocycles. The van der Waals surface area contributed by atoms with Crippen LogP contribution in [-0.2, 0) is 6.54 Å². The lowest BCUT2D eigenvalue weighted by molar-refractivity contribution is 0.0944. The number of likely N-dealkylation sites (tertiary alicyclic amines) is 1. The largest absolute Gasteiger partial charge is 0.359 e. The van der Waals surface area contributed by atoms with Crippen molar-refractivity contribution < 1.29 is 9.32 Å². The van der Waals surface area contributed by atoms with Crippen LogP contribution in [0.1, 0.15) is 49.4 Å². The fourth-order valence-corrected chi connectivity index (χ4v) is 2.43. The van der Waals surface area contributed by atoms with Gasteiger partial charge in [-0.1, -0.05) is 19.0 Å². The van der Waals surface area contributed by atoms with Crippen molar-refractivity contribution in [1.29, 1.82) is 0 Å².